The highest BCUT2D eigenvalue weighted by Crippen LogP contribution is 2.36. The second-order valence-corrected chi connectivity index (χ2v) is 8.78. The van der Waals surface area contributed by atoms with Crippen molar-refractivity contribution in [3.8, 4) is 17.2 Å². The average molecular weight is 507 g/mol. The molecule has 0 radical (unpaired) electrons. The van der Waals surface area contributed by atoms with Crippen molar-refractivity contribution < 1.29 is 19.2 Å². The van der Waals surface area contributed by atoms with Crippen molar-refractivity contribution in [1.82, 2.24) is 0 Å². The largest absolute Gasteiger partial charge is 0.497 e. The van der Waals surface area contributed by atoms with Crippen molar-refractivity contribution in [3.63, 3.8) is 0 Å². The van der Waals surface area contributed by atoms with Crippen molar-refractivity contribution >= 4 is 40.6 Å². The van der Waals surface area contributed by atoms with Crippen LogP contribution in [0.15, 0.2) is 101 Å². The maximum Gasteiger partial charge on any atom is 0.284 e. The molecule has 0 aliphatic heterocycles. The summed E-state index contributed by atoms with van der Waals surface area (Å²) in [5, 5.41) is 14.8. The minimum Gasteiger partial charge on any atom is -0.497 e. The molecule has 0 saturated carbocycles. The molecule has 1 amide bonds. The van der Waals surface area contributed by atoms with Crippen molar-refractivity contribution in [1.29, 1.82) is 0 Å². The van der Waals surface area contributed by atoms with Gasteiger partial charge in [-0.05, 0) is 66.7 Å². The van der Waals surface area contributed by atoms with E-state index >= 15 is 0 Å². The lowest BCUT2D eigenvalue weighted by Gasteiger charge is -2.13. The first-order chi connectivity index (χ1) is 16.9. The number of hydrogen-bond donors (Lipinski definition) is 1. The smallest absolute Gasteiger partial charge is 0.284 e. The first kappa shape index (κ1) is 24.1. The Morgan fingerprint density at radius 1 is 0.943 bits per heavy atom. The number of methoxy groups -OCH3 is 1. The zero-order valence-electron chi connectivity index (χ0n) is 18.4. The summed E-state index contributed by atoms with van der Waals surface area (Å²) in [5.41, 5.74) is 0.292. The minimum absolute atomic E-state index is 0.129. The zero-order chi connectivity index (χ0) is 24.8. The van der Waals surface area contributed by atoms with E-state index in [1.165, 1.54) is 17.8 Å². The van der Waals surface area contributed by atoms with Crippen LogP contribution in [0.3, 0.4) is 0 Å². The Bertz CT molecular complexity index is 1360. The summed E-state index contributed by atoms with van der Waals surface area (Å²) in [5.74, 6) is 1.03. The highest BCUT2D eigenvalue weighted by atomic mass is 35.5. The standard InChI is InChI=1S/C26H19ClN2O5S/c1-33-19-9-11-20(12-10-19)34-24-13-8-18(27)16-22(24)28-26(30)17-7-14-25(23(15-17)29(31)32)35-21-5-3-2-4-6-21/h2-16H,1H3,(H,28,30). The molecule has 0 atom stereocenters. The Morgan fingerprint density at radius 2 is 1.66 bits per heavy atom. The van der Waals surface area contributed by atoms with Crippen molar-refractivity contribution in [3.05, 3.63) is 112 Å². The van der Waals surface area contributed by atoms with Crippen LogP contribution in [0.5, 0.6) is 17.2 Å². The minimum atomic E-state index is -0.536. The van der Waals surface area contributed by atoms with E-state index in [-0.39, 0.29) is 11.3 Å². The van der Waals surface area contributed by atoms with E-state index in [0.717, 1.165) is 4.90 Å². The van der Waals surface area contributed by atoms with Gasteiger partial charge in [-0.2, -0.15) is 0 Å². The number of rotatable bonds is 8. The molecule has 0 unspecified atom stereocenters. The number of nitrogens with one attached hydrogen (secondary N) is 1. The molecule has 35 heavy (non-hydrogen) atoms. The van der Waals surface area contributed by atoms with Gasteiger partial charge in [-0.15, -0.1) is 0 Å². The molecule has 4 aromatic carbocycles. The topological polar surface area (TPSA) is 90.7 Å². The van der Waals surface area contributed by atoms with Gasteiger partial charge >= 0.3 is 0 Å². The normalized spacial score (nSPS) is 10.5. The Kier molecular flexibility index (Phi) is 7.54. The number of benzene rings is 4. The van der Waals surface area contributed by atoms with Gasteiger partial charge in [0.05, 0.1) is 22.6 Å². The van der Waals surface area contributed by atoms with Gasteiger partial charge in [-0.25, -0.2) is 0 Å². The van der Waals surface area contributed by atoms with Crippen LogP contribution in [-0.4, -0.2) is 17.9 Å². The summed E-state index contributed by atoms with van der Waals surface area (Å²) in [7, 11) is 1.57. The van der Waals surface area contributed by atoms with Gasteiger partial charge in [-0.1, -0.05) is 41.6 Å². The van der Waals surface area contributed by atoms with Crippen LogP contribution in [0.4, 0.5) is 11.4 Å². The molecule has 1 N–H and O–H groups in total. The van der Waals surface area contributed by atoms with E-state index in [2.05, 4.69) is 5.32 Å². The summed E-state index contributed by atoms with van der Waals surface area (Å²) in [6.45, 7) is 0. The van der Waals surface area contributed by atoms with Crippen molar-refractivity contribution in [2.24, 2.45) is 0 Å². The zero-order valence-corrected chi connectivity index (χ0v) is 20.0. The summed E-state index contributed by atoms with van der Waals surface area (Å²) >= 11 is 7.39. The molecular formula is C26H19ClN2O5S. The summed E-state index contributed by atoms with van der Waals surface area (Å²) < 4.78 is 11.1. The van der Waals surface area contributed by atoms with E-state index in [9.17, 15) is 14.9 Å². The Hall–Kier alpha value is -4.01. The monoisotopic (exact) mass is 506 g/mol. The highest BCUT2D eigenvalue weighted by molar-refractivity contribution is 7.99. The van der Waals surface area contributed by atoms with Gasteiger partial charge in [0, 0.05) is 21.5 Å². The summed E-state index contributed by atoms with van der Waals surface area (Å²) in [6, 6.07) is 25.4. The first-order valence-electron chi connectivity index (χ1n) is 10.4. The molecule has 0 aliphatic carbocycles. The fourth-order valence-corrected chi connectivity index (χ4v) is 4.25. The predicted octanol–water partition coefficient (Wildman–Crippen LogP) is 7.45. The third-order valence-corrected chi connectivity index (χ3v) is 6.17. The van der Waals surface area contributed by atoms with Gasteiger partial charge in [0.1, 0.15) is 11.5 Å². The fraction of sp³-hybridized carbons (Fsp3) is 0.0385. The SMILES string of the molecule is COc1ccc(Oc2ccc(Cl)cc2NC(=O)c2ccc(Sc3ccccc3)c([N+](=O)[O-])c2)cc1. The molecule has 176 valence electrons. The van der Waals surface area contributed by atoms with Gasteiger partial charge in [0.25, 0.3) is 11.6 Å². The van der Waals surface area contributed by atoms with Crippen LogP contribution < -0.4 is 14.8 Å². The van der Waals surface area contributed by atoms with Gasteiger partial charge < -0.3 is 14.8 Å². The van der Waals surface area contributed by atoms with Gasteiger partial charge in [-0.3, -0.25) is 14.9 Å². The molecule has 0 spiro atoms. The molecule has 0 aliphatic rings. The third-order valence-electron chi connectivity index (χ3n) is 4.87. The quantitative estimate of drug-likeness (QED) is 0.197. The summed E-state index contributed by atoms with van der Waals surface area (Å²) in [6.07, 6.45) is 0. The fourth-order valence-electron chi connectivity index (χ4n) is 3.16. The Morgan fingerprint density at radius 3 is 2.34 bits per heavy atom. The van der Waals surface area contributed by atoms with Crippen LogP contribution >= 0.6 is 23.4 Å². The Balaban J connectivity index is 1.57. The van der Waals surface area contributed by atoms with Crippen LogP contribution in [0, 0.1) is 10.1 Å². The molecule has 4 rings (SSSR count). The second kappa shape index (κ2) is 10.9. The molecule has 9 heteroatoms. The number of carbonyl (C=O) groups excluding carboxylic acids is 1. The maximum absolute atomic E-state index is 13.0. The molecule has 0 saturated heterocycles. The number of ether oxygens (including phenoxy) is 2. The number of anilines is 1. The lowest BCUT2D eigenvalue weighted by atomic mass is 10.1. The number of amides is 1. The highest BCUT2D eigenvalue weighted by Gasteiger charge is 2.20. The van der Waals surface area contributed by atoms with E-state index in [1.807, 2.05) is 30.3 Å². The number of nitrogens with zero attached hydrogens (tertiary/aromatic N) is 1. The lowest BCUT2D eigenvalue weighted by Crippen LogP contribution is -2.13. The first-order valence-corrected chi connectivity index (χ1v) is 11.6. The third kappa shape index (κ3) is 6.11. The van der Waals surface area contributed by atoms with Crippen molar-refractivity contribution in [2.75, 3.05) is 12.4 Å². The lowest BCUT2D eigenvalue weighted by molar-refractivity contribution is -0.387. The van der Waals surface area contributed by atoms with Crippen LogP contribution in [0.1, 0.15) is 10.4 Å². The van der Waals surface area contributed by atoms with E-state index in [0.29, 0.717) is 32.9 Å². The molecule has 0 aromatic heterocycles. The molecular weight excluding hydrogens is 488 g/mol. The van der Waals surface area contributed by atoms with E-state index in [4.69, 9.17) is 21.1 Å². The van der Waals surface area contributed by atoms with Crippen molar-refractivity contribution in [2.45, 2.75) is 9.79 Å². The van der Waals surface area contributed by atoms with Crippen LogP contribution in [-0.2, 0) is 0 Å². The van der Waals surface area contributed by atoms with E-state index in [1.54, 1.807) is 61.7 Å². The Labute approximate surface area is 210 Å². The number of halogens is 1. The molecule has 0 fully saturated rings. The number of carbonyl (C=O) groups is 1. The van der Waals surface area contributed by atoms with Gasteiger partial charge in [0.15, 0.2) is 5.75 Å². The average Bonchev–Trinajstić information content (AvgIpc) is 2.87. The predicted molar refractivity (Wildman–Crippen MR) is 136 cm³/mol. The number of nitro benzene ring substituents is 1. The number of hydrogen-bond acceptors (Lipinski definition) is 6. The number of nitro groups is 1. The molecule has 0 heterocycles. The van der Waals surface area contributed by atoms with Crippen LogP contribution in [0.2, 0.25) is 5.02 Å². The summed E-state index contributed by atoms with van der Waals surface area (Å²) in [4.78, 5) is 25.5. The second-order valence-electron chi connectivity index (χ2n) is 7.23. The maximum atomic E-state index is 13.0. The van der Waals surface area contributed by atoms with Crippen LogP contribution in [0.25, 0.3) is 0 Å². The van der Waals surface area contributed by atoms with E-state index < -0.39 is 10.8 Å². The van der Waals surface area contributed by atoms with Gasteiger partial charge in [0.2, 0.25) is 0 Å². The molecule has 7 nitrogen and oxygen atoms in total. The molecule has 0 bridgehead atoms. The molecule has 4 aromatic rings.